The van der Waals surface area contributed by atoms with E-state index in [2.05, 4.69) is 15.8 Å². The van der Waals surface area contributed by atoms with Gasteiger partial charge in [0, 0.05) is 24.1 Å². The number of phenolic OH excluding ortho intramolecular Hbond substituents is 1. The molecule has 0 aliphatic rings. The number of nitrogens with one attached hydrogen (secondary N) is 2. The first-order valence-electron chi connectivity index (χ1n) is 8.45. The zero-order valence-electron chi connectivity index (χ0n) is 15.6. The number of benzene rings is 2. The van der Waals surface area contributed by atoms with Crippen molar-refractivity contribution in [2.24, 2.45) is 5.10 Å². The lowest BCUT2D eigenvalue weighted by molar-refractivity contribution is -0.124. The van der Waals surface area contributed by atoms with Gasteiger partial charge in [-0.2, -0.15) is 5.10 Å². The molecule has 142 valence electrons. The zero-order chi connectivity index (χ0) is 19.8. The Kier molecular flexibility index (Phi) is 6.93. The van der Waals surface area contributed by atoms with E-state index in [9.17, 15) is 14.7 Å². The molecule has 2 rings (SSSR count). The van der Waals surface area contributed by atoms with Crippen LogP contribution >= 0.6 is 0 Å². The number of carbonyl (C=O) groups is 2. The lowest BCUT2D eigenvalue weighted by atomic mass is 10.1. The topological polar surface area (TPSA) is 100 Å². The van der Waals surface area contributed by atoms with Gasteiger partial charge in [-0.25, -0.2) is 5.43 Å². The van der Waals surface area contributed by atoms with Crippen LogP contribution in [0.15, 0.2) is 41.5 Å². The Morgan fingerprint density at radius 3 is 2.59 bits per heavy atom. The highest BCUT2D eigenvalue weighted by Gasteiger charge is 2.09. The molecule has 2 aromatic carbocycles. The van der Waals surface area contributed by atoms with Crippen LogP contribution in [0.5, 0.6) is 11.5 Å². The Bertz CT molecular complexity index is 862. The number of hydrogen-bond donors (Lipinski definition) is 3. The summed E-state index contributed by atoms with van der Waals surface area (Å²) in [6.45, 7) is 3.90. The minimum atomic E-state index is -0.399. The number of nitrogens with zero attached hydrogens (tertiary/aromatic N) is 1. The molecule has 2 amide bonds. The maximum absolute atomic E-state index is 12.0. The number of anilines is 1. The number of aryl methyl sites for hydroxylation is 2. The molecule has 0 saturated heterocycles. The summed E-state index contributed by atoms with van der Waals surface area (Å²) in [7, 11) is 1.45. The number of aromatic hydroxyl groups is 1. The molecule has 0 radical (unpaired) electrons. The second-order valence-electron chi connectivity index (χ2n) is 6.06. The molecule has 0 aliphatic carbocycles. The molecule has 7 heteroatoms. The number of hydrogen-bond acceptors (Lipinski definition) is 5. The molecule has 0 bridgehead atoms. The molecule has 0 unspecified atom stereocenters. The number of ether oxygens (including phenoxy) is 1. The van der Waals surface area contributed by atoms with Gasteiger partial charge >= 0.3 is 0 Å². The number of methoxy groups -OCH3 is 1. The van der Waals surface area contributed by atoms with Crippen molar-refractivity contribution in [3.05, 3.63) is 53.1 Å². The maximum atomic E-state index is 12.0. The summed E-state index contributed by atoms with van der Waals surface area (Å²) in [6, 6.07) is 10.7. The summed E-state index contributed by atoms with van der Waals surface area (Å²) < 4.78 is 5.00. The average molecular weight is 369 g/mol. The van der Waals surface area contributed by atoms with Crippen LogP contribution in [0.2, 0.25) is 0 Å². The van der Waals surface area contributed by atoms with Crippen LogP contribution in [0, 0.1) is 13.8 Å². The molecule has 0 saturated carbocycles. The molecule has 7 nitrogen and oxygen atoms in total. The van der Waals surface area contributed by atoms with Gasteiger partial charge in [0.1, 0.15) is 0 Å². The number of hydrazone groups is 1. The SMILES string of the molecule is COc1cccc(/C=N\NC(=O)CCC(=O)Nc2ccc(C)cc2C)c1O. The van der Waals surface area contributed by atoms with E-state index in [-0.39, 0.29) is 24.5 Å². The highest BCUT2D eigenvalue weighted by atomic mass is 16.5. The highest BCUT2D eigenvalue weighted by molar-refractivity contribution is 5.94. The predicted octanol–water partition coefficient (Wildman–Crippen LogP) is 2.89. The number of rotatable bonds is 7. The summed E-state index contributed by atoms with van der Waals surface area (Å²) in [5.41, 5.74) is 5.55. The largest absolute Gasteiger partial charge is 0.504 e. The number of para-hydroxylation sites is 1. The molecule has 0 heterocycles. The minimum absolute atomic E-state index is 0.00181. The van der Waals surface area contributed by atoms with Gasteiger partial charge in [0.25, 0.3) is 0 Å². The summed E-state index contributed by atoms with van der Waals surface area (Å²) in [5, 5.41) is 16.5. The maximum Gasteiger partial charge on any atom is 0.240 e. The molecule has 0 atom stereocenters. The van der Waals surface area contributed by atoms with Gasteiger partial charge in [0.05, 0.1) is 13.3 Å². The van der Waals surface area contributed by atoms with E-state index >= 15 is 0 Å². The van der Waals surface area contributed by atoms with Gasteiger partial charge in [-0.05, 0) is 37.6 Å². The molecule has 2 aromatic rings. The van der Waals surface area contributed by atoms with Crippen molar-refractivity contribution in [2.75, 3.05) is 12.4 Å². The van der Waals surface area contributed by atoms with Gasteiger partial charge < -0.3 is 15.2 Å². The Morgan fingerprint density at radius 2 is 1.89 bits per heavy atom. The fraction of sp³-hybridized carbons (Fsp3) is 0.250. The van der Waals surface area contributed by atoms with E-state index in [1.54, 1.807) is 18.2 Å². The fourth-order valence-electron chi connectivity index (χ4n) is 2.43. The molecule has 0 aromatic heterocycles. The smallest absolute Gasteiger partial charge is 0.240 e. The number of phenols is 1. The van der Waals surface area contributed by atoms with Crippen molar-refractivity contribution in [3.8, 4) is 11.5 Å². The average Bonchev–Trinajstić information content (AvgIpc) is 2.64. The third-order valence-electron chi connectivity index (χ3n) is 3.88. The third-order valence-corrected chi connectivity index (χ3v) is 3.88. The van der Waals surface area contributed by atoms with Crippen LogP contribution in [0.25, 0.3) is 0 Å². The minimum Gasteiger partial charge on any atom is -0.504 e. The van der Waals surface area contributed by atoms with Gasteiger partial charge in [-0.15, -0.1) is 0 Å². The van der Waals surface area contributed by atoms with Gasteiger partial charge in [-0.3, -0.25) is 9.59 Å². The van der Waals surface area contributed by atoms with Crippen LogP contribution in [0.1, 0.15) is 29.5 Å². The zero-order valence-corrected chi connectivity index (χ0v) is 15.6. The Balaban J connectivity index is 1.81. The first-order chi connectivity index (χ1) is 12.9. The molecule has 3 N–H and O–H groups in total. The first-order valence-corrected chi connectivity index (χ1v) is 8.45. The number of carbonyl (C=O) groups excluding carboxylic acids is 2. The van der Waals surface area contributed by atoms with Crippen LogP contribution in [-0.4, -0.2) is 30.2 Å². The summed E-state index contributed by atoms with van der Waals surface area (Å²) in [6.07, 6.45) is 1.35. The van der Waals surface area contributed by atoms with Crippen LogP contribution in [-0.2, 0) is 9.59 Å². The normalized spacial score (nSPS) is 10.6. The molecule has 0 aliphatic heterocycles. The van der Waals surface area contributed by atoms with E-state index in [0.29, 0.717) is 11.3 Å². The fourth-order valence-corrected chi connectivity index (χ4v) is 2.43. The Labute approximate surface area is 158 Å². The monoisotopic (exact) mass is 369 g/mol. The van der Waals surface area contributed by atoms with Crippen LogP contribution < -0.4 is 15.5 Å². The van der Waals surface area contributed by atoms with Crippen molar-refractivity contribution < 1.29 is 19.4 Å². The molecule has 27 heavy (non-hydrogen) atoms. The number of amides is 2. The van der Waals surface area contributed by atoms with Gasteiger partial charge in [-0.1, -0.05) is 23.8 Å². The van der Waals surface area contributed by atoms with Crippen molar-refractivity contribution >= 4 is 23.7 Å². The second kappa shape index (κ2) is 9.38. The van der Waals surface area contributed by atoms with Crippen LogP contribution in [0.4, 0.5) is 5.69 Å². The van der Waals surface area contributed by atoms with Crippen molar-refractivity contribution in [1.82, 2.24) is 5.43 Å². The summed E-state index contributed by atoms with van der Waals surface area (Å²) in [4.78, 5) is 23.8. The van der Waals surface area contributed by atoms with E-state index in [1.807, 2.05) is 32.0 Å². The van der Waals surface area contributed by atoms with Crippen molar-refractivity contribution in [1.29, 1.82) is 0 Å². The molecule has 0 fully saturated rings. The van der Waals surface area contributed by atoms with E-state index in [0.717, 1.165) is 16.8 Å². The Morgan fingerprint density at radius 1 is 1.15 bits per heavy atom. The van der Waals surface area contributed by atoms with Crippen LogP contribution in [0.3, 0.4) is 0 Å². The molecular weight excluding hydrogens is 346 g/mol. The van der Waals surface area contributed by atoms with E-state index < -0.39 is 5.91 Å². The quantitative estimate of drug-likeness (QED) is 0.516. The van der Waals surface area contributed by atoms with E-state index in [4.69, 9.17) is 4.74 Å². The Hall–Kier alpha value is -3.35. The molecule has 0 spiro atoms. The van der Waals surface area contributed by atoms with Gasteiger partial charge in [0.2, 0.25) is 11.8 Å². The second-order valence-corrected chi connectivity index (χ2v) is 6.06. The summed E-state index contributed by atoms with van der Waals surface area (Å²) >= 11 is 0. The third kappa shape index (κ3) is 5.85. The lowest BCUT2D eigenvalue weighted by Gasteiger charge is -2.08. The lowest BCUT2D eigenvalue weighted by Crippen LogP contribution is -2.20. The predicted molar refractivity (Wildman–Crippen MR) is 104 cm³/mol. The molecular formula is C20H23N3O4. The highest BCUT2D eigenvalue weighted by Crippen LogP contribution is 2.27. The van der Waals surface area contributed by atoms with Crippen molar-refractivity contribution in [2.45, 2.75) is 26.7 Å². The van der Waals surface area contributed by atoms with E-state index in [1.165, 1.54) is 13.3 Å². The standard InChI is InChI=1S/C20H23N3O4/c1-13-7-8-16(14(2)11-13)22-18(24)9-10-19(25)23-21-12-15-5-4-6-17(27-3)20(15)26/h4-8,11-12,26H,9-10H2,1-3H3,(H,22,24)(H,23,25)/b21-12-. The van der Waals surface area contributed by atoms with Gasteiger partial charge in [0.15, 0.2) is 11.5 Å². The van der Waals surface area contributed by atoms with Crippen molar-refractivity contribution in [3.63, 3.8) is 0 Å². The summed E-state index contributed by atoms with van der Waals surface area (Å²) in [5.74, 6) is -0.393. The first kappa shape index (κ1) is 20.0.